The van der Waals surface area contributed by atoms with Crippen molar-refractivity contribution < 1.29 is 19.0 Å². The summed E-state index contributed by atoms with van der Waals surface area (Å²) in [6, 6.07) is 5.54. The fraction of sp³-hybridized carbons (Fsp3) is 0.353. The second-order valence-corrected chi connectivity index (χ2v) is 5.72. The average Bonchev–Trinajstić information content (AvgIpc) is 2.52. The zero-order valence-corrected chi connectivity index (χ0v) is 12.2. The fourth-order valence-electron chi connectivity index (χ4n) is 3.04. The minimum absolute atomic E-state index is 0.265. The van der Waals surface area contributed by atoms with Crippen LogP contribution in [0.25, 0.3) is 11.3 Å². The number of aromatic nitrogens is 1. The summed E-state index contributed by atoms with van der Waals surface area (Å²) >= 11 is 0. The van der Waals surface area contributed by atoms with Gasteiger partial charge < -0.3 is 10.2 Å². The van der Waals surface area contributed by atoms with Crippen LogP contribution in [0.3, 0.4) is 0 Å². The number of rotatable bonds is 2. The SMILES string of the molecule is CCC1(O)CCCc2nc(-c3cc(F)c(O)c(F)c3)ccc21. The van der Waals surface area contributed by atoms with Crippen molar-refractivity contribution in [2.45, 2.75) is 38.2 Å². The molecule has 0 fully saturated rings. The van der Waals surface area contributed by atoms with E-state index in [0.717, 1.165) is 36.2 Å². The van der Waals surface area contributed by atoms with Crippen LogP contribution in [0.15, 0.2) is 24.3 Å². The fourth-order valence-corrected chi connectivity index (χ4v) is 3.04. The Morgan fingerprint density at radius 3 is 2.55 bits per heavy atom. The number of benzene rings is 1. The minimum atomic E-state index is -1.01. The van der Waals surface area contributed by atoms with Crippen LogP contribution in [0.5, 0.6) is 5.75 Å². The standard InChI is InChI=1S/C17H17F2NO2/c1-2-17(22)7-3-4-15-11(17)5-6-14(20-15)10-8-12(18)16(21)13(19)9-10/h5-6,8-9,21-22H,2-4,7H2,1H3. The van der Waals surface area contributed by atoms with Crippen LogP contribution in [0, 0.1) is 11.6 Å². The Morgan fingerprint density at radius 2 is 1.91 bits per heavy atom. The van der Waals surface area contributed by atoms with Crippen LogP contribution in [0.4, 0.5) is 8.78 Å². The lowest BCUT2D eigenvalue weighted by Crippen LogP contribution is -2.30. The van der Waals surface area contributed by atoms with Gasteiger partial charge in [-0.05, 0) is 43.9 Å². The molecule has 0 saturated carbocycles. The molecule has 1 aliphatic rings. The first kappa shape index (κ1) is 14.9. The molecular weight excluding hydrogens is 288 g/mol. The lowest BCUT2D eigenvalue weighted by molar-refractivity contribution is 0.0141. The van der Waals surface area contributed by atoms with E-state index in [2.05, 4.69) is 4.98 Å². The maximum Gasteiger partial charge on any atom is 0.187 e. The quantitative estimate of drug-likeness (QED) is 0.890. The van der Waals surface area contributed by atoms with Crippen molar-refractivity contribution in [3.8, 4) is 17.0 Å². The van der Waals surface area contributed by atoms with Crippen molar-refractivity contribution in [2.24, 2.45) is 0 Å². The summed E-state index contributed by atoms with van der Waals surface area (Å²) < 4.78 is 27.0. The second-order valence-electron chi connectivity index (χ2n) is 5.72. The molecule has 1 aromatic heterocycles. The first-order valence-corrected chi connectivity index (χ1v) is 7.36. The molecule has 0 amide bonds. The Labute approximate surface area is 127 Å². The van der Waals surface area contributed by atoms with Crippen LogP contribution in [-0.4, -0.2) is 15.2 Å². The molecule has 1 aromatic carbocycles. The molecule has 0 aliphatic heterocycles. The smallest absolute Gasteiger partial charge is 0.187 e. The Bertz CT molecular complexity index is 710. The third-order valence-corrected chi connectivity index (χ3v) is 4.38. The molecular formula is C17H17F2NO2. The third kappa shape index (κ3) is 2.35. The van der Waals surface area contributed by atoms with Gasteiger partial charge in [0.25, 0.3) is 0 Å². The van der Waals surface area contributed by atoms with Gasteiger partial charge in [0.15, 0.2) is 17.4 Å². The number of phenols is 1. The number of halogens is 2. The van der Waals surface area contributed by atoms with Crippen LogP contribution in [-0.2, 0) is 12.0 Å². The Kier molecular flexibility index (Phi) is 3.60. The summed E-state index contributed by atoms with van der Waals surface area (Å²) in [5.74, 6) is -3.01. The summed E-state index contributed by atoms with van der Waals surface area (Å²) in [5, 5.41) is 19.8. The Hall–Kier alpha value is -2.01. The van der Waals surface area contributed by atoms with E-state index in [0.29, 0.717) is 18.5 Å². The molecule has 3 nitrogen and oxygen atoms in total. The molecule has 1 atom stereocenters. The van der Waals surface area contributed by atoms with E-state index < -0.39 is 23.0 Å². The number of pyridine rings is 1. The molecule has 0 spiro atoms. The number of aliphatic hydroxyl groups is 1. The maximum absolute atomic E-state index is 13.5. The molecule has 5 heteroatoms. The maximum atomic E-state index is 13.5. The normalized spacial score (nSPS) is 20.7. The van der Waals surface area contributed by atoms with Gasteiger partial charge in [-0.3, -0.25) is 4.98 Å². The highest BCUT2D eigenvalue weighted by atomic mass is 19.1. The molecule has 0 bridgehead atoms. The highest BCUT2D eigenvalue weighted by Crippen LogP contribution is 2.38. The molecule has 1 heterocycles. The molecule has 2 N–H and O–H groups in total. The van der Waals surface area contributed by atoms with Gasteiger partial charge in [-0.25, -0.2) is 8.78 Å². The van der Waals surface area contributed by atoms with E-state index in [1.807, 2.05) is 6.92 Å². The van der Waals surface area contributed by atoms with Crippen LogP contribution in [0.2, 0.25) is 0 Å². The van der Waals surface area contributed by atoms with Crippen LogP contribution >= 0.6 is 0 Å². The molecule has 116 valence electrons. The molecule has 0 radical (unpaired) electrons. The summed E-state index contributed by atoms with van der Waals surface area (Å²) in [4.78, 5) is 4.46. The van der Waals surface area contributed by atoms with Crippen LogP contribution < -0.4 is 0 Å². The van der Waals surface area contributed by atoms with Gasteiger partial charge in [0.05, 0.1) is 11.3 Å². The average molecular weight is 305 g/mol. The topological polar surface area (TPSA) is 53.4 Å². The zero-order valence-electron chi connectivity index (χ0n) is 12.2. The van der Waals surface area contributed by atoms with Gasteiger partial charge in [-0.15, -0.1) is 0 Å². The second kappa shape index (κ2) is 5.32. The van der Waals surface area contributed by atoms with Crippen LogP contribution in [0.1, 0.15) is 37.4 Å². The van der Waals surface area contributed by atoms with Gasteiger partial charge in [0.2, 0.25) is 0 Å². The van der Waals surface area contributed by atoms with Gasteiger partial charge in [0.1, 0.15) is 0 Å². The van der Waals surface area contributed by atoms with Crippen molar-refractivity contribution in [1.29, 1.82) is 0 Å². The van der Waals surface area contributed by atoms with E-state index in [1.165, 1.54) is 0 Å². The van der Waals surface area contributed by atoms with Crippen molar-refractivity contribution >= 4 is 0 Å². The highest BCUT2D eigenvalue weighted by molar-refractivity contribution is 5.61. The summed E-state index contributed by atoms with van der Waals surface area (Å²) in [6.07, 6.45) is 2.85. The first-order chi connectivity index (χ1) is 10.4. The number of hydrogen-bond acceptors (Lipinski definition) is 3. The monoisotopic (exact) mass is 305 g/mol. The van der Waals surface area contributed by atoms with Gasteiger partial charge in [-0.2, -0.15) is 0 Å². The summed E-state index contributed by atoms with van der Waals surface area (Å²) in [5.41, 5.74) is 1.38. The largest absolute Gasteiger partial charge is 0.503 e. The molecule has 2 aromatic rings. The predicted octanol–water partition coefficient (Wildman–Crippen LogP) is 3.67. The number of nitrogens with zero attached hydrogens (tertiary/aromatic N) is 1. The van der Waals surface area contributed by atoms with Gasteiger partial charge >= 0.3 is 0 Å². The summed E-state index contributed by atoms with van der Waals surface area (Å²) in [7, 11) is 0. The van der Waals surface area contributed by atoms with E-state index in [-0.39, 0.29) is 5.56 Å². The number of aryl methyl sites for hydroxylation is 1. The molecule has 1 unspecified atom stereocenters. The third-order valence-electron chi connectivity index (χ3n) is 4.38. The van der Waals surface area contributed by atoms with Crippen molar-refractivity contribution in [1.82, 2.24) is 4.98 Å². The molecule has 22 heavy (non-hydrogen) atoms. The van der Waals surface area contributed by atoms with E-state index in [9.17, 15) is 13.9 Å². The molecule has 1 aliphatic carbocycles. The zero-order chi connectivity index (χ0) is 15.9. The predicted molar refractivity (Wildman–Crippen MR) is 78.4 cm³/mol. The number of phenolic OH excluding ortho intramolecular Hbond substituents is 1. The van der Waals surface area contributed by atoms with Crippen molar-refractivity contribution in [3.63, 3.8) is 0 Å². The first-order valence-electron chi connectivity index (χ1n) is 7.36. The van der Waals surface area contributed by atoms with E-state index in [4.69, 9.17) is 5.11 Å². The van der Waals surface area contributed by atoms with Crippen molar-refractivity contribution in [3.05, 3.63) is 47.2 Å². The number of fused-ring (bicyclic) bond motifs is 1. The van der Waals surface area contributed by atoms with Gasteiger partial charge in [-0.1, -0.05) is 13.0 Å². The molecule has 3 rings (SSSR count). The highest BCUT2D eigenvalue weighted by Gasteiger charge is 2.33. The number of hydrogen-bond donors (Lipinski definition) is 2. The van der Waals surface area contributed by atoms with E-state index in [1.54, 1.807) is 12.1 Å². The van der Waals surface area contributed by atoms with Crippen molar-refractivity contribution in [2.75, 3.05) is 0 Å². The lowest BCUT2D eigenvalue weighted by Gasteiger charge is -2.33. The molecule has 0 saturated heterocycles. The lowest BCUT2D eigenvalue weighted by atomic mass is 9.79. The number of aromatic hydroxyl groups is 1. The van der Waals surface area contributed by atoms with E-state index >= 15 is 0 Å². The Balaban J connectivity index is 2.08. The van der Waals surface area contributed by atoms with Gasteiger partial charge in [0, 0.05) is 16.8 Å². The minimum Gasteiger partial charge on any atom is -0.503 e. The summed E-state index contributed by atoms with van der Waals surface area (Å²) in [6.45, 7) is 1.92. The Morgan fingerprint density at radius 1 is 1.23 bits per heavy atom.